The predicted octanol–water partition coefficient (Wildman–Crippen LogP) is 3.69. The first-order chi connectivity index (χ1) is 9.49. The van der Waals surface area contributed by atoms with Crippen molar-refractivity contribution >= 4 is 28.4 Å². The number of aromatic nitrogens is 2. The van der Waals surface area contributed by atoms with Gasteiger partial charge in [0, 0.05) is 19.0 Å². The summed E-state index contributed by atoms with van der Waals surface area (Å²) >= 11 is 2.18. The number of nitrogens with one attached hydrogen (secondary N) is 1. The van der Waals surface area contributed by atoms with Crippen LogP contribution in [0.15, 0.2) is 18.2 Å². The molecule has 3 nitrogen and oxygen atoms in total. The van der Waals surface area contributed by atoms with Gasteiger partial charge in [0.15, 0.2) is 0 Å². The second kappa shape index (κ2) is 6.43. The Bertz CT molecular complexity index is 612. The van der Waals surface area contributed by atoms with Gasteiger partial charge in [-0.15, -0.1) is 0 Å². The van der Waals surface area contributed by atoms with Gasteiger partial charge in [-0.1, -0.05) is 0 Å². The van der Waals surface area contributed by atoms with Crippen LogP contribution >= 0.6 is 22.6 Å². The van der Waals surface area contributed by atoms with Crippen molar-refractivity contribution < 1.29 is 8.78 Å². The number of rotatable bonds is 4. The zero-order valence-corrected chi connectivity index (χ0v) is 13.3. The van der Waals surface area contributed by atoms with E-state index in [0.717, 1.165) is 27.7 Å². The third-order valence-electron chi connectivity index (χ3n) is 2.69. The first-order valence-corrected chi connectivity index (χ1v) is 7.29. The van der Waals surface area contributed by atoms with Gasteiger partial charge < -0.3 is 5.32 Å². The normalized spacial score (nSPS) is 10.7. The third-order valence-corrected chi connectivity index (χ3v) is 3.98. The lowest BCUT2D eigenvalue weighted by Crippen LogP contribution is -2.08. The molecule has 0 saturated carbocycles. The number of halogens is 3. The Morgan fingerprint density at radius 1 is 1.15 bits per heavy atom. The molecule has 0 atom stereocenters. The summed E-state index contributed by atoms with van der Waals surface area (Å²) in [6.45, 7) is 4.62. The number of hydrogen-bond acceptors (Lipinski definition) is 3. The lowest BCUT2D eigenvalue weighted by atomic mass is 10.1. The molecular formula is C14H14F2IN3. The number of benzene rings is 1. The number of anilines is 1. The SMILES string of the molecule is CCNc1nc(Cc2cc(F)cc(F)c2)nc(C)c1I. The first kappa shape index (κ1) is 15.1. The molecule has 20 heavy (non-hydrogen) atoms. The van der Waals surface area contributed by atoms with Gasteiger partial charge in [0.2, 0.25) is 0 Å². The van der Waals surface area contributed by atoms with Crippen molar-refractivity contribution in [3.8, 4) is 0 Å². The predicted molar refractivity (Wildman–Crippen MR) is 82.8 cm³/mol. The summed E-state index contributed by atoms with van der Waals surface area (Å²) in [4.78, 5) is 8.77. The second-order valence-corrected chi connectivity index (χ2v) is 5.45. The molecule has 1 N–H and O–H groups in total. The van der Waals surface area contributed by atoms with Crippen molar-refractivity contribution in [2.45, 2.75) is 20.3 Å². The van der Waals surface area contributed by atoms with E-state index in [1.54, 1.807) is 0 Å². The molecule has 0 saturated heterocycles. The minimum atomic E-state index is -0.589. The van der Waals surface area contributed by atoms with Crippen molar-refractivity contribution in [1.29, 1.82) is 0 Å². The fourth-order valence-corrected chi connectivity index (χ4v) is 2.31. The van der Waals surface area contributed by atoms with Crippen LogP contribution in [0.5, 0.6) is 0 Å². The van der Waals surface area contributed by atoms with Crippen LogP contribution in [0.4, 0.5) is 14.6 Å². The van der Waals surface area contributed by atoms with E-state index < -0.39 is 11.6 Å². The molecule has 0 aliphatic carbocycles. The van der Waals surface area contributed by atoms with Crippen molar-refractivity contribution in [3.05, 3.63) is 50.5 Å². The summed E-state index contributed by atoms with van der Waals surface area (Å²) < 4.78 is 27.3. The van der Waals surface area contributed by atoms with Crippen LogP contribution in [0.1, 0.15) is 24.0 Å². The van der Waals surface area contributed by atoms with Crippen LogP contribution in [0.25, 0.3) is 0 Å². The highest BCUT2D eigenvalue weighted by Crippen LogP contribution is 2.20. The molecule has 0 bridgehead atoms. The minimum Gasteiger partial charge on any atom is -0.369 e. The molecule has 0 radical (unpaired) electrons. The van der Waals surface area contributed by atoms with Crippen LogP contribution in [-0.4, -0.2) is 16.5 Å². The molecular weight excluding hydrogens is 375 g/mol. The summed E-state index contributed by atoms with van der Waals surface area (Å²) in [6, 6.07) is 3.45. The Morgan fingerprint density at radius 3 is 2.40 bits per heavy atom. The largest absolute Gasteiger partial charge is 0.369 e. The van der Waals surface area contributed by atoms with Gasteiger partial charge in [0.25, 0.3) is 0 Å². The quantitative estimate of drug-likeness (QED) is 0.811. The fourth-order valence-electron chi connectivity index (χ4n) is 1.88. The van der Waals surface area contributed by atoms with Gasteiger partial charge in [-0.2, -0.15) is 0 Å². The third kappa shape index (κ3) is 3.62. The van der Waals surface area contributed by atoms with E-state index in [-0.39, 0.29) is 0 Å². The van der Waals surface area contributed by atoms with Crippen molar-refractivity contribution in [3.63, 3.8) is 0 Å². The number of aryl methyl sites for hydroxylation is 1. The molecule has 0 unspecified atom stereocenters. The Morgan fingerprint density at radius 2 is 1.80 bits per heavy atom. The zero-order valence-electron chi connectivity index (χ0n) is 11.2. The van der Waals surface area contributed by atoms with Crippen molar-refractivity contribution in [2.24, 2.45) is 0 Å². The van der Waals surface area contributed by atoms with Crippen LogP contribution in [0.3, 0.4) is 0 Å². The van der Waals surface area contributed by atoms with E-state index in [2.05, 4.69) is 37.9 Å². The summed E-state index contributed by atoms with van der Waals surface area (Å²) in [7, 11) is 0. The molecule has 0 aliphatic heterocycles. The molecule has 1 aromatic heterocycles. The van der Waals surface area contributed by atoms with Crippen LogP contribution in [0, 0.1) is 22.1 Å². The van der Waals surface area contributed by atoms with Crippen LogP contribution in [0.2, 0.25) is 0 Å². The smallest absolute Gasteiger partial charge is 0.143 e. The van der Waals surface area contributed by atoms with E-state index in [4.69, 9.17) is 0 Å². The van der Waals surface area contributed by atoms with E-state index in [9.17, 15) is 8.78 Å². The standard InChI is InChI=1S/C14H14F2IN3/c1-3-18-14-13(17)8(2)19-12(20-14)6-9-4-10(15)7-11(16)5-9/h4-5,7H,3,6H2,1-2H3,(H,18,19,20). The molecule has 2 aromatic rings. The average molecular weight is 389 g/mol. The summed E-state index contributed by atoms with van der Waals surface area (Å²) in [5.41, 5.74) is 1.37. The minimum absolute atomic E-state index is 0.296. The number of hydrogen-bond donors (Lipinski definition) is 1. The summed E-state index contributed by atoms with van der Waals surface area (Å²) in [5, 5.41) is 3.16. The first-order valence-electron chi connectivity index (χ1n) is 6.21. The lowest BCUT2D eigenvalue weighted by molar-refractivity contribution is 0.580. The molecule has 0 amide bonds. The van der Waals surface area contributed by atoms with Crippen LogP contribution < -0.4 is 5.32 Å². The maximum absolute atomic E-state index is 13.2. The van der Waals surface area contributed by atoms with E-state index in [1.807, 2.05) is 13.8 Å². The van der Waals surface area contributed by atoms with Crippen molar-refractivity contribution in [1.82, 2.24) is 9.97 Å². The molecule has 2 rings (SSSR count). The van der Waals surface area contributed by atoms with E-state index in [1.165, 1.54) is 12.1 Å². The van der Waals surface area contributed by atoms with Crippen molar-refractivity contribution in [2.75, 3.05) is 11.9 Å². The molecule has 106 valence electrons. The monoisotopic (exact) mass is 389 g/mol. The maximum atomic E-state index is 13.2. The second-order valence-electron chi connectivity index (χ2n) is 4.37. The van der Waals surface area contributed by atoms with Gasteiger partial charge in [-0.05, 0) is 54.1 Å². The van der Waals surface area contributed by atoms with Crippen LogP contribution in [-0.2, 0) is 6.42 Å². The molecule has 0 spiro atoms. The molecule has 0 aliphatic rings. The fraction of sp³-hybridized carbons (Fsp3) is 0.286. The lowest BCUT2D eigenvalue weighted by Gasteiger charge is -2.10. The average Bonchev–Trinajstić information content (AvgIpc) is 2.34. The Balaban J connectivity index is 2.33. The van der Waals surface area contributed by atoms with Gasteiger partial charge in [-0.3, -0.25) is 0 Å². The molecule has 6 heteroatoms. The highest BCUT2D eigenvalue weighted by atomic mass is 127. The maximum Gasteiger partial charge on any atom is 0.143 e. The molecule has 1 aromatic carbocycles. The zero-order chi connectivity index (χ0) is 14.7. The summed E-state index contributed by atoms with van der Waals surface area (Å²) in [5.74, 6) is 0.125. The number of nitrogens with zero attached hydrogens (tertiary/aromatic N) is 2. The molecule has 1 heterocycles. The van der Waals surface area contributed by atoms with Gasteiger partial charge in [0.1, 0.15) is 23.3 Å². The topological polar surface area (TPSA) is 37.8 Å². The Kier molecular flexibility index (Phi) is 4.85. The Labute approximate surface area is 130 Å². The van der Waals surface area contributed by atoms with Gasteiger partial charge in [-0.25, -0.2) is 18.7 Å². The van der Waals surface area contributed by atoms with Gasteiger partial charge >= 0.3 is 0 Å². The Hall–Kier alpha value is -1.31. The highest BCUT2D eigenvalue weighted by Gasteiger charge is 2.10. The van der Waals surface area contributed by atoms with Gasteiger partial charge in [0.05, 0.1) is 9.26 Å². The van der Waals surface area contributed by atoms with E-state index >= 15 is 0 Å². The molecule has 0 fully saturated rings. The summed E-state index contributed by atoms with van der Waals surface area (Å²) in [6.07, 6.45) is 0.296. The highest BCUT2D eigenvalue weighted by molar-refractivity contribution is 14.1. The van der Waals surface area contributed by atoms with E-state index in [0.29, 0.717) is 17.8 Å².